The summed E-state index contributed by atoms with van der Waals surface area (Å²) >= 11 is 0. The maximum absolute atomic E-state index is 11.3. The minimum absolute atomic E-state index is 0.0922. The van der Waals surface area contributed by atoms with Crippen LogP contribution >= 0.6 is 0 Å². The molecule has 2 nitrogen and oxygen atoms in total. The van der Waals surface area contributed by atoms with E-state index >= 15 is 0 Å². The molecule has 2 heteroatoms. The van der Waals surface area contributed by atoms with Crippen molar-refractivity contribution >= 4 is 5.78 Å². The number of carbonyl (C=O) groups is 1. The van der Waals surface area contributed by atoms with Crippen molar-refractivity contribution in [1.29, 1.82) is 0 Å². The van der Waals surface area contributed by atoms with E-state index in [1.807, 2.05) is 36.4 Å². The first kappa shape index (κ1) is 15.3. The van der Waals surface area contributed by atoms with Crippen molar-refractivity contribution in [3.63, 3.8) is 0 Å². The molecule has 0 fully saturated rings. The van der Waals surface area contributed by atoms with Gasteiger partial charge in [-0.1, -0.05) is 56.2 Å². The molecule has 0 aliphatic carbocycles. The summed E-state index contributed by atoms with van der Waals surface area (Å²) in [6.07, 6.45) is 3.49. The molecule has 0 radical (unpaired) electrons. The van der Waals surface area contributed by atoms with Gasteiger partial charge < -0.3 is 4.74 Å². The average Bonchev–Trinajstić information content (AvgIpc) is 2.52. The molecule has 0 aliphatic rings. The highest BCUT2D eigenvalue weighted by Crippen LogP contribution is 2.24. The molecule has 110 valence electrons. The minimum atomic E-state index is 0.0922. The molecule has 0 amide bonds. The van der Waals surface area contributed by atoms with Crippen LogP contribution in [-0.4, -0.2) is 12.4 Å². The lowest BCUT2D eigenvalue weighted by Gasteiger charge is -2.08. The fourth-order valence-electron chi connectivity index (χ4n) is 2.20. The summed E-state index contributed by atoms with van der Waals surface area (Å²) in [5.41, 5.74) is 2.95. The van der Waals surface area contributed by atoms with Gasteiger partial charge in [0.2, 0.25) is 0 Å². The number of carbonyl (C=O) groups excluding carboxylic acids is 1. The van der Waals surface area contributed by atoms with Crippen LogP contribution in [0.25, 0.3) is 11.1 Å². The Kier molecular flexibility index (Phi) is 5.56. The van der Waals surface area contributed by atoms with Crippen molar-refractivity contribution in [2.45, 2.75) is 33.1 Å². The van der Waals surface area contributed by atoms with E-state index < -0.39 is 0 Å². The fraction of sp³-hybridized carbons (Fsp3) is 0.316. The van der Waals surface area contributed by atoms with Crippen molar-refractivity contribution in [1.82, 2.24) is 0 Å². The minimum Gasteiger partial charge on any atom is -0.494 e. The summed E-state index contributed by atoms with van der Waals surface area (Å²) in [4.78, 5) is 11.3. The van der Waals surface area contributed by atoms with Crippen LogP contribution in [0.5, 0.6) is 5.75 Å². The zero-order valence-corrected chi connectivity index (χ0v) is 12.8. The van der Waals surface area contributed by atoms with E-state index in [0.29, 0.717) is 0 Å². The van der Waals surface area contributed by atoms with Gasteiger partial charge in [-0.2, -0.15) is 0 Å². The molecule has 0 heterocycles. The highest BCUT2D eigenvalue weighted by Gasteiger charge is 2.02. The highest BCUT2D eigenvalue weighted by molar-refractivity contribution is 5.94. The number of unbranched alkanes of at least 4 members (excludes halogenated alkanes) is 2. The molecule has 0 saturated carbocycles. The number of rotatable bonds is 7. The van der Waals surface area contributed by atoms with Crippen molar-refractivity contribution in [3.8, 4) is 16.9 Å². The molecule has 0 bridgehead atoms. The van der Waals surface area contributed by atoms with Crippen molar-refractivity contribution in [2.75, 3.05) is 6.61 Å². The Labute approximate surface area is 126 Å². The van der Waals surface area contributed by atoms with E-state index in [4.69, 9.17) is 4.74 Å². The second-order valence-electron chi connectivity index (χ2n) is 5.22. The third kappa shape index (κ3) is 4.45. The summed E-state index contributed by atoms with van der Waals surface area (Å²) in [5, 5.41) is 0. The molecule has 0 atom stereocenters. The van der Waals surface area contributed by atoms with E-state index in [1.165, 1.54) is 12.8 Å². The molecule has 2 rings (SSSR count). The summed E-state index contributed by atoms with van der Waals surface area (Å²) in [6.45, 7) is 4.53. The van der Waals surface area contributed by atoms with E-state index in [1.54, 1.807) is 6.92 Å². The first-order valence-electron chi connectivity index (χ1n) is 7.55. The van der Waals surface area contributed by atoms with E-state index in [0.717, 1.165) is 35.5 Å². The van der Waals surface area contributed by atoms with Crippen LogP contribution in [0.15, 0.2) is 48.5 Å². The summed E-state index contributed by atoms with van der Waals surface area (Å²) < 4.78 is 5.78. The number of Topliss-reactive ketones (excluding diaryl/α,β-unsaturated/α-hetero) is 1. The van der Waals surface area contributed by atoms with Crippen LogP contribution in [0.4, 0.5) is 0 Å². The summed E-state index contributed by atoms with van der Waals surface area (Å²) in [5.74, 6) is 0.994. The number of ketones is 1. The third-order valence-electron chi connectivity index (χ3n) is 3.48. The smallest absolute Gasteiger partial charge is 0.159 e. The summed E-state index contributed by atoms with van der Waals surface area (Å²) in [6, 6.07) is 15.8. The molecule has 0 N–H and O–H groups in total. The number of hydrogen-bond acceptors (Lipinski definition) is 2. The molecule has 2 aromatic rings. The Balaban J connectivity index is 2.07. The predicted molar refractivity (Wildman–Crippen MR) is 86.9 cm³/mol. The van der Waals surface area contributed by atoms with Crippen LogP contribution < -0.4 is 4.74 Å². The van der Waals surface area contributed by atoms with Gasteiger partial charge in [-0.25, -0.2) is 0 Å². The molecule has 0 aromatic heterocycles. The van der Waals surface area contributed by atoms with E-state index in [-0.39, 0.29) is 5.78 Å². The standard InChI is InChI=1S/C19H22O2/c1-3-4-5-13-21-19-8-6-7-18(14-19)17-11-9-16(10-12-17)15(2)20/h6-12,14H,3-5,13H2,1-2H3. The fourth-order valence-corrected chi connectivity index (χ4v) is 2.20. The highest BCUT2D eigenvalue weighted by atomic mass is 16.5. The quantitative estimate of drug-likeness (QED) is 0.520. The normalized spacial score (nSPS) is 10.4. The van der Waals surface area contributed by atoms with Gasteiger partial charge in [0.15, 0.2) is 5.78 Å². The lowest BCUT2D eigenvalue weighted by molar-refractivity contribution is 0.101. The van der Waals surface area contributed by atoms with Gasteiger partial charge in [-0.3, -0.25) is 4.79 Å². The summed E-state index contributed by atoms with van der Waals surface area (Å²) in [7, 11) is 0. The monoisotopic (exact) mass is 282 g/mol. The lowest BCUT2D eigenvalue weighted by Crippen LogP contribution is -1.97. The Morgan fingerprint density at radius 1 is 1.00 bits per heavy atom. The molecule has 21 heavy (non-hydrogen) atoms. The second kappa shape index (κ2) is 7.63. The van der Waals surface area contributed by atoms with Crippen molar-refractivity contribution in [3.05, 3.63) is 54.1 Å². The van der Waals surface area contributed by atoms with Crippen molar-refractivity contribution < 1.29 is 9.53 Å². The zero-order chi connectivity index (χ0) is 15.1. The predicted octanol–water partition coefficient (Wildman–Crippen LogP) is 5.13. The van der Waals surface area contributed by atoms with Crippen LogP contribution in [0.3, 0.4) is 0 Å². The second-order valence-corrected chi connectivity index (χ2v) is 5.22. The van der Waals surface area contributed by atoms with Gasteiger partial charge in [0.1, 0.15) is 5.75 Å². The van der Waals surface area contributed by atoms with Gasteiger partial charge in [0.05, 0.1) is 6.61 Å². The maximum atomic E-state index is 11.3. The first-order valence-corrected chi connectivity index (χ1v) is 7.55. The molecule has 0 aliphatic heterocycles. The maximum Gasteiger partial charge on any atom is 0.159 e. The SMILES string of the molecule is CCCCCOc1cccc(-c2ccc(C(C)=O)cc2)c1. The molecule has 0 unspecified atom stereocenters. The Hall–Kier alpha value is -2.09. The van der Waals surface area contributed by atoms with Gasteiger partial charge in [-0.05, 0) is 36.6 Å². The Bertz CT molecular complexity index is 585. The van der Waals surface area contributed by atoms with E-state index in [9.17, 15) is 4.79 Å². The molecule has 0 saturated heterocycles. The lowest BCUT2D eigenvalue weighted by atomic mass is 10.0. The first-order chi connectivity index (χ1) is 10.2. The van der Waals surface area contributed by atoms with Crippen LogP contribution in [-0.2, 0) is 0 Å². The van der Waals surface area contributed by atoms with E-state index in [2.05, 4.69) is 19.1 Å². The van der Waals surface area contributed by atoms with Gasteiger partial charge in [0.25, 0.3) is 0 Å². The van der Waals surface area contributed by atoms with Gasteiger partial charge in [0, 0.05) is 5.56 Å². The van der Waals surface area contributed by atoms with Crippen LogP contribution in [0, 0.1) is 0 Å². The number of benzene rings is 2. The molecular formula is C19H22O2. The molecule has 2 aromatic carbocycles. The zero-order valence-electron chi connectivity index (χ0n) is 12.8. The molecule has 0 spiro atoms. The van der Waals surface area contributed by atoms with Crippen LogP contribution in [0.2, 0.25) is 0 Å². The molecular weight excluding hydrogens is 260 g/mol. The van der Waals surface area contributed by atoms with Crippen LogP contribution in [0.1, 0.15) is 43.5 Å². The third-order valence-corrected chi connectivity index (χ3v) is 3.48. The topological polar surface area (TPSA) is 26.3 Å². The Morgan fingerprint density at radius 2 is 1.76 bits per heavy atom. The number of ether oxygens (including phenoxy) is 1. The van der Waals surface area contributed by atoms with Gasteiger partial charge in [-0.15, -0.1) is 0 Å². The Morgan fingerprint density at radius 3 is 2.43 bits per heavy atom. The number of hydrogen-bond donors (Lipinski definition) is 0. The van der Waals surface area contributed by atoms with Crippen molar-refractivity contribution in [2.24, 2.45) is 0 Å². The van der Waals surface area contributed by atoms with Gasteiger partial charge >= 0.3 is 0 Å². The average molecular weight is 282 g/mol. The largest absolute Gasteiger partial charge is 0.494 e.